The van der Waals surface area contributed by atoms with Gasteiger partial charge in [-0.2, -0.15) is 5.10 Å². The van der Waals surface area contributed by atoms with Crippen LogP contribution in [0, 0.1) is 13.8 Å². The molecule has 178 valence electrons. The summed E-state index contributed by atoms with van der Waals surface area (Å²) >= 11 is 0. The molecule has 0 spiro atoms. The number of ether oxygens (including phenoxy) is 1. The molecular weight excluding hydrogens is 440 g/mol. The lowest BCUT2D eigenvalue weighted by Crippen LogP contribution is -2.30. The lowest BCUT2D eigenvalue weighted by Gasteiger charge is -2.18. The van der Waals surface area contributed by atoms with Crippen LogP contribution in [0.25, 0.3) is 5.82 Å². The molecule has 0 aliphatic heterocycles. The number of hydrogen-bond acceptors (Lipinski definition) is 5. The normalized spacial score (nSPS) is 10.8. The highest BCUT2D eigenvalue weighted by Crippen LogP contribution is 2.27. The van der Waals surface area contributed by atoms with Crippen LogP contribution in [0.3, 0.4) is 0 Å². The number of hydrogen-bond donors (Lipinski definition) is 1. The van der Waals surface area contributed by atoms with Crippen molar-refractivity contribution in [3.8, 4) is 5.82 Å². The van der Waals surface area contributed by atoms with E-state index in [2.05, 4.69) is 39.7 Å². The summed E-state index contributed by atoms with van der Waals surface area (Å²) in [6, 6.07) is 25.7. The average Bonchev–Trinajstić information content (AvgIpc) is 3.24. The molecule has 1 amide bonds. The third-order valence-corrected chi connectivity index (χ3v) is 5.70. The van der Waals surface area contributed by atoms with Gasteiger partial charge in [-0.05, 0) is 49.6 Å². The Hall–Kier alpha value is -4.26. The molecule has 1 N–H and O–H groups in total. The van der Waals surface area contributed by atoms with E-state index in [1.807, 2.05) is 56.3 Å². The number of aromatic nitrogens is 3. The van der Waals surface area contributed by atoms with Gasteiger partial charge in [0.05, 0.1) is 11.3 Å². The average molecular weight is 469 g/mol. The molecule has 2 heterocycles. The molecule has 0 aliphatic carbocycles. The minimum absolute atomic E-state index is 0.159. The Kier molecular flexibility index (Phi) is 7.67. The minimum Gasteiger partial charge on any atom is -0.452 e. The fourth-order valence-electron chi connectivity index (χ4n) is 4.01. The van der Waals surface area contributed by atoms with Crippen molar-refractivity contribution in [2.45, 2.75) is 26.2 Å². The summed E-state index contributed by atoms with van der Waals surface area (Å²) in [6.07, 6.45) is 2.15. The smallest absolute Gasteiger partial charge is 0.340 e. The molecule has 0 unspecified atom stereocenters. The predicted molar refractivity (Wildman–Crippen MR) is 133 cm³/mol. The van der Waals surface area contributed by atoms with Crippen molar-refractivity contribution < 1.29 is 14.3 Å². The van der Waals surface area contributed by atoms with Crippen LogP contribution in [0.4, 0.5) is 0 Å². The molecule has 7 heteroatoms. The fraction of sp³-hybridized carbons (Fsp3) is 0.214. The van der Waals surface area contributed by atoms with Crippen LogP contribution < -0.4 is 5.32 Å². The second-order valence-corrected chi connectivity index (χ2v) is 8.33. The van der Waals surface area contributed by atoms with Gasteiger partial charge in [-0.3, -0.25) is 4.79 Å². The van der Waals surface area contributed by atoms with Crippen molar-refractivity contribution in [3.05, 3.63) is 113 Å². The summed E-state index contributed by atoms with van der Waals surface area (Å²) in [5.74, 6) is -0.173. The number of benzene rings is 2. The number of carbonyl (C=O) groups excluding carboxylic acids is 2. The van der Waals surface area contributed by atoms with Gasteiger partial charge in [0.25, 0.3) is 5.91 Å². The molecule has 0 saturated heterocycles. The van der Waals surface area contributed by atoms with E-state index in [0.717, 1.165) is 17.8 Å². The molecule has 0 radical (unpaired) electrons. The molecular formula is C28H28N4O3. The molecule has 0 aliphatic rings. The largest absolute Gasteiger partial charge is 0.452 e. The van der Waals surface area contributed by atoms with Crippen molar-refractivity contribution in [3.63, 3.8) is 0 Å². The molecule has 7 nitrogen and oxygen atoms in total. The highest BCUT2D eigenvalue weighted by atomic mass is 16.5. The van der Waals surface area contributed by atoms with E-state index in [1.54, 1.807) is 16.8 Å². The first kappa shape index (κ1) is 23.9. The maximum atomic E-state index is 12.4. The number of nitrogens with zero attached hydrogens (tertiary/aromatic N) is 3. The van der Waals surface area contributed by atoms with E-state index in [1.165, 1.54) is 17.3 Å². The summed E-state index contributed by atoms with van der Waals surface area (Å²) in [6.45, 7) is 3.96. The van der Waals surface area contributed by atoms with Crippen molar-refractivity contribution in [2.75, 3.05) is 13.2 Å². The molecule has 0 atom stereocenters. The minimum atomic E-state index is -0.598. The van der Waals surface area contributed by atoms with Gasteiger partial charge in [0.1, 0.15) is 0 Å². The standard InChI is InChI=1S/C28H28N4O3/c1-20-17-21(2)32(31-20)26-14-13-24(18-30-26)28(34)35-19-27(33)29-16-15-25(22-9-5-3-6-10-22)23-11-7-4-8-12-23/h3-14,17-18,25H,15-16,19H2,1-2H3,(H,29,33). The Morgan fingerprint density at radius 2 is 1.60 bits per heavy atom. The number of nitrogens with one attached hydrogen (secondary N) is 1. The maximum absolute atomic E-state index is 12.4. The van der Waals surface area contributed by atoms with E-state index >= 15 is 0 Å². The highest BCUT2D eigenvalue weighted by molar-refractivity contribution is 5.91. The van der Waals surface area contributed by atoms with Crippen LogP contribution in [0.2, 0.25) is 0 Å². The Balaban J connectivity index is 1.28. The van der Waals surface area contributed by atoms with Gasteiger partial charge in [0.15, 0.2) is 12.4 Å². The van der Waals surface area contributed by atoms with E-state index < -0.39 is 5.97 Å². The van der Waals surface area contributed by atoms with Crippen LogP contribution >= 0.6 is 0 Å². The van der Waals surface area contributed by atoms with Gasteiger partial charge in [-0.15, -0.1) is 0 Å². The van der Waals surface area contributed by atoms with E-state index in [4.69, 9.17) is 4.74 Å². The predicted octanol–water partition coefficient (Wildman–Crippen LogP) is 4.38. The van der Waals surface area contributed by atoms with E-state index in [9.17, 15) is 9.59 Å². The number of carbonyl (C=O) groups is 2. The monoisotopic (exact) mass is 468 g/mol. The van der Waals surface area contributed by atoms with Crippen LogP contribution in [-0.2, 0) is 9.53 Å². The second kappa shape index (κ2) is 11.2. The first-order valence-electron chi connectivity index (χ1n) is 11.5. The lowest BCUT2D eigenvalue weighted by molar-refractivity contribution is -0.124. The first-order chi connectivity index (χ1) is 17.0. The fourth-order valence-corrected chi connectivity index (χ4v) is 4.01. The van der Waals surface area contributed by atoms with E-state index in [0.29, 0.717) is 12.4 Å². The van der Waals surface area contributed by atoms with Gasteiger partial charge in [-0.1, -0.05) is 60.7 Å². The summed E-state index contributed by atoms with van der Waals surface area (Å²) in [5, 5.41) is 7.23. The van der Waals surface area contributed by atoms with Gasteiger partial charge in [0, 0.05) is 24.4 Å². The molecule has 4 aromatic rings. The van der Waals surface area contributed by atoms with Crippen molar-refractivity contribution in [2.24, 2.45) is 0 Å². The number of aryl methyl sites for hydroxylation is 2. The zero-order valence-corrected chi connectivity index (χ0v) is 19.8. The quantitative estimate of drug-likeness (QED) is 0.369. The summed E-state index contributed by atoms with van der Waals surface area (Å²) in [5.41, 5.74) is 4.49. The third-order valence-electron chi connectivity index (χ3n) is 5.70. The highest BCUT2D eigenvalue weighted by Gasteiger charge is 2.15. The van der Waals surface area contributed by atoms with Gasteiger partial charge >= 0.3 is 5.97 Å². The zero-order valence-electron chi connectivity index (χ0n) is 19.8. The molecule has 2 aromatic carbocycles. The molecule has 0 bridgehead atoms. The number of rotatable bonds is 9. The number of amides is 1. The van der Waals surface area contributed by atoms with Crippen LogP contribution in [0.5, 0.6) is 0 Å². The third kappa shape index (κ3) is 6.20. The van der Waals surface area contributed by atoms with Crippen molar-refractivity contribution in [1.29, 1.82) is 0 Å². The van der Waals surface area contributed by atoms with E-state index in [-0.39, 0.29) is 24.0 Å². The Bertz CT molecular complexity index is 1230. The summed E-state index contributed by atoms with van der Waals surface area (Å²) in [7, 11) is 0. The molecule has 0 fully saturated rings. The topological polar surface area (TPSA) is 86.1 Å². The Labute approximate surface area is 204 Å². The molecule has 2 aromatic heterocycles. The first-order valence-corrected chi connectivity index (χ1v) is 11.5. The Morgan fingerprint density at radius 1 is 0.943 bits per heavy atom. The van der Waals surface area contributed by atoms with Crippen molar-refractivity contribution >= 4 is 11.9 Å². The SMILES string of the molecule is Cc1cc(C)n(-c2ccc(C(=O)OCC(=O)NCCC(c3ccccc3)c3ccccc3)cn2)n1. The number of pyridine rings is 1. The molecule has 0 saturated carbocycles. The Morgan fingerprint density at radius 3 is 2.14 bits per heavy atom. The maximum Gasteiger partial charge on any atom is 0.340 e. The zero-order chi connectivity index (χ0) is 24.6. The second-order valence-electron chi connectivity index (χ2n) is 8.33. The van der Waals surface area contributed by atoms with Crippen LogP contribution in [0.15, 0.2) is 85.1 Å². The lowest BCUT2D eigenvalue weighted by atomic mass is 9.88. The summed E-state index contributed by atoms with van der Waals surface area (Å²) < 4.78 is 6.88. The van der Waals surface area contributed by atoms with Gasteiger partial charge in [-0.25, -0.2) is 14.5 Å². The van der Waals surface area contributed by atoms with Crippen LogP contribution in [-0.4, -0.2) is 39.8 Å². The molecule has 35 heavy (non-hydrogen) atoms. The van der Waals surface area contributed by atoms with Crippen LogP contribution in [0.1, 0.15) is 45.2 Å². The van der Waals surface area contributed by atoms with Gasteiger partial charge < -0.3 is 10.1 Å². The number of esters is 1. The summed E-state index contributed by atoms with van der Waals surface area (Å²) in [4.78, 5) is 28.9. The molecule has 4 rings (SSSR count). The van der Waals surface area contributed by atoms with Crippen molar-refractivity contribution in [1.82, 2.24) is 20.1 Å². The van der Waals surface area contributed by atoms with Gasteiger partial charge in [0.2, 0.25) is 0 Å².